The van der Waals surface area contributed by atoms with Gasteiger partial charge in [-0.15, -0.1) is 0 Å². The number of carbonyl (C=O) groups is 3. The van der Waals surface area contributed by atoms with Crippen molar-refractivity contribution in [1.29, 1.82) is 0 Å². The van der Waals surface area contributed by atoms with E-state index in [9.17, 15) is 14.4 Å². The summed E-state index contributed by atoms with van der Waals surface area (Å²) in [6.07, 6.45) is 2.76. The molecule has 0 unspecified atom stereocenters. The van der Waals surface area contributed by atoms with Crippen LogP contribution in [0.2, 0.25) is 0 Å². The Morgan fingerprint density at radius 2 is 1.61 bits per heavy atom. The summed E-state index contributed by atoms with van der Waals surface area (Å²) in [5.74, 6) is 0.0869. The van der Waals surface area contributed by atoms with Gasteiger partial charge < -0.3 is 9.73 Å². The van der Waals surface area contributed by atoms with Crippen LogP contribution in [0.15, 0.2) is 71.2 Å². The van der Waals surface area contributed by atoms with E-state index in [0.29, 0.717) is 22.6 Å². The lowest BCUT2D eigenvalue weighted by atomic mass is 10.1. The molecule has 168 valence electrons. The van der Waals surface area contributed by atoms with Gasteiger partial charge in [0.25, 0.3) is 11.8 Å². The summed E-state index contributed by atoms with van der Waals surface area (Å²) in [4.78, 5) is 36.6. The van der Waals surface area contributed by atoms with Crippen molar-refractivity contribution in [2.24, 2.45) is 0 Å². The van der Waals surface area contributed by atoms with Crippen LogP contribution in [0.1, 0.15) is 37.8 Å². The first-order chi connectivity index (χ1) is 15.8. The summed E-state index contributed by atoms with van der Waals surface area (Å²) in [5.41, 5.74) is 7.19. The zero-order valence-electron chi connectivity index (χ0n) is 18.0. The molecule has 0 spiro atoms. The molecule has 0 aliphatic heterocycles. The van der Waals surface area contributed by atoms with Crippen molar-refractivity contribution in [2.75, 3.05) is 5.32 Å². The average molecular weight is 463 g/mol. The number of hydrogen-bond donors (Lipinski definition) is 4. The van der Waals surface area contributed by atoms with Crippen LogP contribution in [0, 0.1) is 13.8 Å². The molecule has 2 aromatic carbocycles. The van der Waals surface area contributed by atoms with Crippen LogP contribution in [0.5, 0.6) is 0 Å². The molecule has 9 heteroatoms. The molecule has 4 N–H and O–H groups in total. The number of carbonyl (C=O) groups excluding carboxylic acids is 3. The highest BCUT2D eigenvalue weighted by Crippen LogP contribution is 2.13. The van der Waals surface area contributed by atoms with Gasteiger partial charge in [-0.05, 0) is 80.2 Å². The number of thiocarbonyl (C=S) groups is 1. The highest BCUT2D eigenvalue weighted by Gasteiger charge is 2.10. The van der Waals surface area contributed by atoms with Gasteiger partial charge in [-0.1, -0.05) is 18.2 Å². The molecular formula is C24H22N4O4S. The van der Waals surface area contributed by atoms with Crippen molar-refractivity contribution in [3.8, 4) is 0 Å². The van der Waals surface area contributed by atoms with Crippen LogP contribution in [-0.4, -0.2) is 22.8 Å². The van der Waals surface area contributed by atoms with Crippen LogP contribution in [-0.2, 0) is 4.79 Å². The molecule has 0 aliphatic carbocycles. The normalized spacial score (nSPS) is 10.5. The minimum atomic E-state index is -0.482. The maximum absolute atomic E-state index is 12.4. The largest absolute Gasteiger partial charge is 0.462 e. The molecule has 8 nitrogen and oxygen atoms in total. The topological polar surface area (TPSA) is 112 Å². The molecule has 33 heavy (non-hydrogen) atoms. The summed E-state index contributed by atoms with van der Waals surface area (Å²) in [6.45, 7) is 3.66. The molecule has 3 rings (SSSR count). The minimum absolute atomic E-state index is 0.0734. The van der Waals surface area contributed by atoms with E-state index < -0.39 is 11.8 Å². The minimum Gasteiger partial charge on any atom is -0.462 e. The number of nitrogens with one attached hydrogen (secondary N) is 4. The highest BCUT2D eigenvalue weighted by atomic mass is 32.1. The molecular weight excluding hydrogens is 440 g/mol. The fourth-order valence-corrected chi connectivity index (χ4v) is 2.95. The van der Waals surface area contributed by atoms with E-state index in [-0.39, 0.29) is 11.0 Å². The van der Waals surface area contributed by atoms with Crippen molar-refractivity contribution in [3.05, 3.63) is 95.0 Å². The predicted molar refractivity (Wildman–Crippen MR) is 129 cm³/mol. The third kappa shape index (κ3) is 6.88. The Kier molecular flexibility index (Phi) is 7.72. The first-order valence-electron chi connectivity index (χ1n) is 9.94. The van der Waals surface area contributed by atoms with Gasteiger partial charge >= 0.3 is 0 Å². The SMILES string of the molecule is Cc1ccc(/C=C/C(=O)NC(=S)NNC(=O)c2ccc(NC(=O)c3ccccc3C)cc2)o1. The summed E-state index contributed by atoms with van der Waals surface area (Å²) in [6, 6.07) is 17.1. The number of amides is 3. The van der Waals surface area contributed by atoms with E-state index in [4.69, 9.17) is 16.6 Å². The standard InChI is InChI=1S/C24H22N4O4S/c1-15-5-3-4-6-20(15)23(31)25-18-10-8-17(9-11-18)22(30)27-28-24(33)26-21(29)14-13-19-12-7-16(2)32-19/h3-14H,1-2H3,(H,25,31)(H,27,30)(H2,26,28,29,33)/b14-13+. The van der Waals surface area contributed by atoms with Crippen molar-refractivity contribution in [1.82, 2.24) is 16.2 Å². The zero-order chi connectivity index (χ0) is 23.8. The van der Waals surface area contributed by atoms with Crippen molar-refractivity contribution in [3.63, 3.8) is 0 Å². The van der Waals surface area contributed by atoms with Gasteiger partial charge in [-0.3, -0.25) is 30.6 Å². The molecule has 0 radical (unpaired) electrons. The number of furan rings is 1. The second-order valence-corrected chi connectivity index (χ2v) is 7.43. The Balaban J connectivity index is 1.46. The Morgan fingerprint density at radius 1 is 0.879 bits per heavy atom. The summed E-state index contributed by atoms with van der Waals surface area (Å²) in [7, 11) is 0. The molecule has 0 saturated heterocycles. The molecule has 0 atom stereocenters. The van der Waals surface area contributed by atoms with Crippen molar-refractivity contribution < 1.29 is 18.8 Å². The van der Waals surface area contributed by atoms with Gasteiger partial charge in [0.2, 0.25) is 5.91 Å². The first kappa shape index (κ1) is 23.4. The monoisotopic (exact) mass is 462 g/mol. The number of hydrazine groups is 1. The third-order valence-corrected chi connectivity index (χ3v) is 4.69. The first-order valence-corrected chi connectivity index (χ1v) is 10.4. The smallest absolute Gasteiger partial charge is 0.269 e. The van der Waals surface area contributed by atoms with Crippen LogP contribution in [0.4, 0.5) is 5.69 Å². The molecule has 0 saturated carbocycles. The molecule has 0 bridgehead atoms. The van der Waals surface area contributed by atoms with Crippen LogP contribution in [0.25, 0.3) is 6.08 Å². The Labute approximate surface area is 196 Å². The van der Waals surface area contributed by atoms with Gasteiger partial charge in [0.05, 0.1) is 0 Å². The lowest BCUT2D eigenvalue weighted by Gasteiger charge is -2.11. The third-order valence-electron chi connectivity index (χ3n) is 4.48. The second kappa shape index (κ2) is 10.9. The number of anilines is 1. The lowest BCUT2D eigenvalue weighted by molar-refractivity contribution is -0.115. The molecule has 1 heterocycles. The maximum Gasteiger partial charge on any atom is 0.269 e. The van der Waals surface area contributed by atoms with Gasteiger partial charge in [0.1, 0.15) is 11.5 Å². The quantitative estimate of drug-likeness (QED) is 0.262. The van der Waals surface area contributed by atoms with Gasteiger partial charge in [0.15, 0.2) is 5.11 Å². The number of hydrogen-bond acceptors (Lipinski definition) is 5. The zero-order valence-corrected chi connectivity index (χ0v) is 18.8. The number of benzene rings is 2. The molecule has 1 aromatic heterocycles. The van der Waals surface area contributed by atoms with Crippen LogP contribution < -0.4 is 21.5 Å². The predicted octanol–water partition coefficient (Wildman–Crippen LogP) is 3.50. The van der Waals surface area contributed by atoms with E-state index in [2.05, 4.69) is 21.5 Å². The van der Waals surface area contributed by atoms with Crippen LogP contribution >= 0.6 is 12.2 Å². The Bertz CT molecular complexity index is 1220. The maximum atomic E-state index is 12.4. The van der Waals surface area contributed by atoms with Gasteiger partial charge in [0, 0.05) is 22.9 Å². The van der Waals surface area contributed by atoms with E-state index in [1.54, 1.807) is 55.5 Å². The summed E-state index contributed by atoms with van der Waals surface area (Å²) >= 11 is 5.00. The van der Waals surface area contributed by atoms with E-state index in [1.807, 2.05) is 19.1 Å². The van der Waals surface area contributed by atoms with E-state index in [1.165, 1.54) is 12.2 Å². The van der Waals surface area contributed by atoms with E-state index >= 15 is 0 Å². The number of rotatable bonds is 5. The van der Waals surface area contributed by atoms with E-state index in [0.717, 1.165) is 11.3 Å². The summed E-state index contributed by atoms with van der Waals surface area (Å²) < 4.78 is 5.33. The molecule has 3 amide bonds. The lowest BCUT2D eigenvalue weighted by Crippen LogP contribution is -2.48. The fraction of sp³-hybridized carbons (Fsp3) is 0.0833. The molecule has 0 aliphatic rings. The van der Waals surface area contributed by atoms with Gasteiger partial charge in [-0.2, -0.15) is 0 Å². The fourth-order valence-electron chi connectivity index (χ4n) is 2.80. The van der Waals surface area contributed by atoms with Gasteiger partial charge in [-0.25, -0.2) is 0 Å². The second-order valence-electron chi connectivity index (χ2n) is 7.03. The Hall–Kier alpha value is -4.24. The average Bonchev–Trinajstić information content (AvgIpc) is 3.22. The van der Waals surface area contributed by atoms with Crippen LogP contribution in [0.3, 0.4) is 0 Å². The number of aryl methyl sites for hydroxylation is 2. The summed E-state index contributed by atoms with van der Waals surface area (Å²) in [5, 5.41) is 5.13. The van der Waals surface area contributed by atoms with Crippen molar-refractivity contribution in [2.45, 2.75) is 13.8 Å². The molecule has 3 aromatic rings. The Morgan fingerprint density at radius 3 is 2.27 bits per heavy atom. The highest BCUT2D eigenvalue weighted by molar-refractivity contribution is 7.80. The molecule has 0 fully saturated rings. The van der Waals surface area contributed by atoms with Crippen molar-refractivity contribution >= 4 is 46.8 Å².